The van der Waals surface area contributed by atoms with Crippen molar-refractivity contribution in [1.82, 2.24) is 4.90 Å². The number of fused-ring (bicyclic) bond motifs is 1. The van der Waals surface area contributed by atoms with Crippen LogP contribution in [0.25, 0.3) is 0 Å². The van der Waals surface area contributed by atoms with Crippen LogP contribution in [0.4, 0.5) is 0 Å². The Hall–Kier alpha value is -1.06. The van der Waals surface area contributed by atoms with Gasteiger partial charge in [0.1, 0.15) is 5.75 Å². The number of rotatable bonds is 7. The summed E-state index contributed by atoms with van der Waals surface area (Å²) in [4.78, 5) is 2.55. The van der Waals surface area contributed by atoms with Gasteiger partial charge in [0.05, 0.1) is 7.11 Å². The van der Waals surface area contributed by atoms with E-state index in [1.54, 1.807) is 7.11 Å². The van der Waals surface area contributed by atoms with Gasteiger partial charge in [-0.1, -0.05) is 19.1 Å². The number of aliphatic hydroxyl groups is 1. The standard InChI is InChI=1S/C17H27NO2/c1-3-10-18(11-5-12-19)15-8-9-16-14(13-15)6-4-7-17(16)20-2/h4,6-7,15,19H,3,5,8-13H2,1-2H3. The lowest BCUT2D eigenvalue weighted by Crippen LogP contribution is -2.40. The number of benzene rings is 1. The maximum absolute atomic E-state index is 9.06. The first-order valence-corrected chi connectivity index (χ1v) is 7.79. The lowest BCUT2D eigenvalue weighted by molar-refractivity contribution is 0.160. The fourth-order valence-electron chi connectivity index (χ4n) is 3.29. The first-order valence-electron chi connectivity index (χ1n) is 7.79. The Labute approximate surface area is 122 Å². The van der Waals surface area contributed by atoms with Gasteiger partial charge < -0.3 is 9.84 Å². The van der Waals surface area contributed by atoms with Gasteiger partial charge in [-0.25, -0.2) is 0 Å². The smallest absolute Gasteiger partial charge is 0.122 e. The van der Waals surface area contributed by atoms with E-state index < -0.39 is 0 Å². The molecule has 3 nitrogen and oxygen atoms in total. The summed E-state index contributed by atoms with van der Waals surface area (Å²) in [7, 11) is 1.76. The van der Waals surface area contributed by atoms with Crippen molar-refractivity contribution in [3.8, 4) is 5.75 Å². The molecule has 1 aromatic carbocycles. The quantitative estimate of drug-likeness (QED) is 0.831. The number of ether oxygens (including phenoxy) is 1. The predicted octanol–water partition coefficient (Wildman–Crippen LogP) is 2.65. The Balaban J connectivity index is 2.08. The van der Waals surface area contributed by atoms with Crippen LogP contribution in [0.3, 0.4) is 0 Å². The Bertz CT molecular complexity index is 419. The first kappa shape index (κ1) is 15.3. The zero-order valence-electron chi connectivity index (χ0n) is 12.8. The van der Waals surface area contributed by atoms with Crippen LogP contribution >= 0.6 is 0 Å². The molecule has 112 valence electrons. The highest BCUT2D eigenvalue weighted by molar-refractivity contribution is 5.42. The van der Waals surface area contributed by atoms with Crippen LogP contribution < -0.4 is 4.74 Å². The van der Waals surface area contributed by atoms with Crippen LogP contribution in [0.15, 0.2) is 18.2 Å². The summed E-state index contributed by atoms with van der Waals surface area (Å²) >= 11 is 0. The van der Waals surface area contributed by atoms with Gasteiger partial charge in [0.2, 0.25) is 0 Å². The molecular formula is C17H27NO2. The van der Waals surface area contributed by atoms with Gasteiger partial charge in [-0.05, 0) is 55.8 Å². The molecule has 1 aliphatic rings. The molecule has 2 rings (SSSR count). The van der Waals surface area contributed by atoms with Crippen molar-refractivity contribution in [3.63, 3.8) is 0 Å². The van der Waals surface area contributed by atoms with Crippen LogP contribution in [0.5, 0.6) is 5.75 Å². The summed E-state index contributed by atoms with van der Waals surface area (Å²) in [5, 5.41) is 9.06. The molecule has 3 heteroatoms. The second-order valence-corrected chi connectivity index (χ2v) is 5.61. The van der Waals surface area contributed by atoms with Crippen molar-refractivity contribution >= 4 is 0 Å². The van der Waals surface area contributed by atoms with Crippen LogP contribution in [-0.4, -0.2) is 42.9 Å². The van der Waals surface area contributed by atoms with Gasteiger partial charge in [0.25, 0.3) is 0 Å². The Morgan fingerprint density at radius 3 is 2.90 bits per heavy atom. The summed E-state index contributed by atoms with van der Waals surface area (Å²) in [5.41, 5.74) is 2.83. The minimum absolute atomic E-state index is 0.289. The third-order valence-electron chi connectivity index (χ3n) is 4.26. The molecule has 0 spiro atoms. The predicted molar refractivity (Wildman–Crippen MR) is 82.4 cm³/mol. The van der Waals surface area contributed by atoms with E-state index in [2.05, 4.69) is 30.0 Å². The summed E-state index contributed by atoms with van der Waals surface area (Å²) in [6.07, 6.45) is 5.45. The Morgan fingerprint density at radius 2 is 2.20 bits per heavy atom. The highest BCUT2D eigenvalue weighted by atomic mass is 16.5. The normalized spacial score (nSPS) is 18.1. The highest BCUT2D eigenvalue weighted by Crippen LogP contribution is 2.31. The molecule has 0 radical (unpaired) electrons. The third kappa shape index (κ3) is 3.53. The van der Waals surface area contributed by atoms with Crippen molar-refractivity contribution in [2.24, 2.45) is 0 Å². The van der Waals surface area contributed by atoms with Gasteiger partial charge >= 0.3 is 0 Å². The SMILES string of the molecule is CCCN(CCCO)C1CCc2c(cccc2OC)C1. The van der Waals surface area contributed by atoms with E-state index in [1.807, 2.05) is 0 Å². The summed E-state index contributed by atoms with van der Waals surface area (Å²) in [6, 6.07) is 7.01. The molecule has 1 aromatic rings. The molecule has 1 atom stereocenters. The number of hydrogen-bond donors (Lipinski definition) is 1. The van der Waals surface area contributed by atoms with Crippen LogP contribution in [0.1, 0.15) is 37.3 Å². The molecule has 0 saturated heterocycles. The number of methoxy groups -OCH3 is 1. The maximum atomic E-state index is 9.06. The van der Waals surface area contributed by atoms with Gasteiger partial charge in [-0.15, -0.1) is 0 Å². The van der Waals surface area contributed by atoms with E-state index in [1.165, 1.54) is 24.0 Å². The van der Waals surface area contributed by atoms with E-state index in [0.717, 1.165) is 38.1 Å². The molecule has 1 N–H and O–H groups in total. The van der Waals surface area contributed by atoms with Crippen molar-refractivity contribution < 1.29 is 9.84 Å². The van der Waals surface area contributed by atoms with E-state index >= 15 is 0 Å². The third-order valence-corrected chi connectivity index (χ3v) is 4.26. The largest absolute Gasteiger partial charge is 0.496 e. The highest BCUT2D eigenvalue weighted by Gasteiger charge is 2.25. The minimum atomic E-state index is 0.289. The van der Waals surface area contributed by atoms with Crippen molar-refractivity contribution in [2.45, 2.75) is 45.1 Å². The minimum Gasteiger partial charge on any atom is -0.496 e. The molecule has 20 heavy (non-hydrogen) atoms. The van der Waals surface area contributed by atoms with E-state index in [0.29, 0.717) is 6.04 Å². The molecule has 0 amide bonds. The average molecular weight is 277 g/mol. The zero-order valence-corrected chi connectivity index (χ0v) is 12.8. The van der Waals surface area contributed by atoms with Crippen LogP contribution in [0, 0.1) is 0 Å². The zero-order chi connectivity index (χ0) is 14.4. The number of aliphatic hydroxyl groups excluding tert-OH is 1. The van der Waals surface area contributed by atoms with Crippen molar-refractivity contribution in [2.75, 3.05) is 26.8 Å². The molecule has 0 aromatic heterocycles. The molecule has 0 aliphatic heterocycles. The first-order chi connectivity index (χ1) is 9.80. The maximum Gasteiger partial charge on any atom is 0.122 e. The molecule has 0 fully saturated rings. The van der Waals surface area contributed by atoms with E-state index in [-0.39, 0.29) is 6.61 Å². The lowest BCUT2D eigenvalue weighted by atomic mass is 9.86. The molecule has 1 aliphatic carbocycles. The summed E-state index contributed by atoms with van der Waals surface area (Å²) in [6.45, 7) is 4.65. The van der Waals surface area contributed by atoms with Crippen LogP contribution in [-0.2, 0) is 12.8 Å². The lowest BCUT2D eigenvalue weighted by Gasteiger charge is -2.35. The van der Waals surface area contributed by atoms with E-state index in [4.69, 9.17) is 9.84 Å². The van der Waals surface area contributed by atoms with Crippen LogP contribution in [0.2, 0.25) is 0 Å². The van der Waals surface area contributed by atoms with Gasteiger partial charge in [-0.2, -0.15) is 0 Å². The molecular weight excluding hydrogens is 250 g/mol. The fraction of sp³-hybridized carbons (Fsp3) is 0.647. The number of hydrogen-bond acceptors (Lipinski definition) is 3. The Kier molecular flexibility index (Phi) is 5.86. The summed E-state index contributed by atoms with van der Waals surface area (Å²) in [5.74, 6) is 1.04. The summed E-state index contributed by atoms with van der Waals surface area (Å²) < 4.78 is 5.47. The second-order valence-electron chi connectivity index (χ2n) is 5.61. The van der Waals surface area contributed by atoms with E-state index in [9.17, 15) is 0 Å². The molecule has 1 unspecified atom stereocenters. The van der Waals surface area contributed by atoms with Gasteiger partial charge in [-0.3, -0.25) is 4.90 Å². The van der Waals surface area contributed by atoms with Crippen molar-refractivity contribution in [3.05, 3.63) is 29.3 Å². The fourth-order valence-corrected chi connectivity index (χ4v) is 3.29. The average Bonchev–Trinajstić information content (AvgIpc) is 2.50. The monoisotopic (exact) mass is 277 g/mol. The molecule has 0 heterocycles. The Morgan fingerprint density at radius 1 is 1.35 bits per heavy atom. The topological polar surface area (TPSA) is 32.7 Å². The second kappa shape index (κ2) is 7.65. The van der Waals surface area contributed by atoms with Gasteiger partial charge in [0, 0.05) is 19.2 Å². The van der Waals surface area contributed by atoms with Crippen molar-refractivity contribution in [1.29, 1.82) is 0 Å². The van der Waals surface area contributed by atoms with Gasteiger partial charge in [0.15, 0.2) is 0 Å². The number of nitrogens with zero attached hydrogens (tertiary/aromatic N) is 1. The molecule has 0 saturated carbocycles. The molecule has 0 bridgehead atoms.